The smallest absolute Gasteiger partial charge is 0.270 e. The van der Waals surface area contributed by atoms with E-state index in [9.17, 15) is 8.42 Å². The van der Waals surface area contributed by atoms with Gasteiger partial charge < -0.3 is 6.15 Å². The van der Waals surface area contributed by atoms with Gasteiger partial charge in [0.25, 0.3) is 10.1 Å². The fourth-order valence-electron chi connectivity index (χ4n) is 1.38. The minimum absolute atomic E-state index is 0. The van der Waals surface area contributed by atoms with Crippen LogP contribution in [0.15, 0.2) is 0 Å². The average molecular weight is 181 g/mol. The molecule has 68 valence electrons. The molecule has 0 spiro atoms. The Morgan fingerprint density at radius 2 is 1.64 bits per heavy atom. The Labute approximate surface area is 67.3 Å². The lowest BCUT2D eigenvalue weighted by molar-refractivity contribution is 0.433. The summed E-state index contributed by atoms with van der Waals surface area (Å²) in [5, 5.41) is 0. The van der Waals surface area contributed by atoms with Crippen LogP contribution in [0, 0.1) is 0 Å². The van der Waals surface area contributed by atoms with Crippen LogP contribution in [0.2, 0.25) is 0 Å². The molecule has 0 aliphatic heterocycles. The van der Waals surface area contributed by atoms with Gasteiger partial charge in [-0.1, -0.05) is 12.8 Å². The van der Waals surface area contributed by atoms with Gasteiger partial charge in [0.05, 0.1) is 4.75 Å². The zero-order valence-corrected chi connectivity index (χ0v) is 7.52. The van der Waals surface area contributed by atoms with E-state index in [4.69, 9.17) is 4.55 Å². The highest BCUT2D eigenvalue weighted by Gasteiger charge is 2.40. The standard InChI is InChI=1S/C6H12O3S.H3N/c1-6(10(7,8)9)4-2-3-5-6;/h2-5H2,1H3,(H,7,8,9);1H3. The van der Waals surface area contributed by atoms with Gasteiger partial charge in [-0.15, -0.1) is 0 Å². The summed E-state index contributed by atoms with van der Waals surface area (Å²) in [6.07, 6.45) is 3.03. The molecule has 1 saturated carbocycles. The van der Waals surface area contributed by atoms with Crippen LogP contribution < -0.4 is 6.15 Å². The van der Waals surface area contributed by atoms with Gasteiger partial charge in [-0.05, 0) is 19.8 Å². The van der Waals surface area contributed by atoms with Crippen LogP contribution in [0.5, 0.6) is 0 Å². The zero-order chi connectivity index (χ0) is 7.83. The predicted molar refractivity (Wildman–Crippen MR) is 43.4 cm³/mol. The van der Waals surface area contributed by atoms with Crippen LogP contribution in [0.25, 0.3) is 0 Å². The fourth-order valence-corrected chi connectivity index (χ4v) is 2.19. The van der Waals surface area contributed by atoms with Gasteiger partial charge in [-0.3, -0.25) is 4.55 Å². The van der Waals surface area contributed by atoms with E-state index in [0.717, 1.165) is 12.8 Å². The Kier molecular flexibility index (Phi) is 3.05. The van der Waals surface area contributed by atoms with Gasteiger partial charge in [0.15, 0.2) is 0 Å². The topological polar surface area (TPSA) is 89.4 Å². The van der Waals surface area contributed by atoms with Crippen LogP contribution in [0.1, 0.15) is 32.6 Å². The van der Waals surface area contributed by atoms with Crippen molar-refractivity contribution in [3.63, 3.8) is 0 Å². The molecule has 5 heteroatoms. The number of hydrogen-bond acceptors (Lipinski definition) is 3. The van der Waals surface area contributed by atoms with Crippen molar-refractivity contribution in [2.24, 2.45) is 0 Å². The lowest BCUT2D eigenvalue weighted by Gasteiger charge is -2.18. The maximum absolute atomic E-state index is 10.7. The second-order valence-corrected chi connectivity index (χ2v) is 5.07. The van der Waals surface area contributed by atoms with Crippen molar-refractivity contribution in [3.8, 4) is 0 Å². The predicted octanol–water partition coefficient (Wildman–Crippen LogP) is 1.37. The highest BCUT2D eigenvalue weighted by Crippen LogP contribution is 2.35. The van der Waals surface area contributed by atoms with E-state index in [-0.39, 0.29) is 6.15 Å². The van der Waals surface area contributed by atoms with Crippen LogP contribution in [-0.4, -0.2) is 17.7 Å². The Hall–Kier alpha value is -0.130. The van der Waals surface area contributed by atoms with E-state index < -0.39 is 14.9 Å². The molecule has 0 aromatic heterocycles. The summed E-state index contributed by atoms with van der Waals surface area (Å²) in [5.74, 6) is 0. The minimum atomic E-state index is -3.80. The molecule has 1 rings (SSSR count). The second kappa shape index (κ2) is 3.08. The van der Waals surface area contributed by atoms with Crippen molar-refractivity contribution < 1.29 is 13.0 Å². The third kappa shape index (κ3) is 1.91. The molecule has 0 aromatic rings. The Morgan fingerprint density at radius 3 is 1.82 bits per heavy atom. The van der Waals surface area contributed by atoms with Gasteiger partial charge in [0.1, 0.15) is 0 Å². The molecule has 4 nitrogen and oxygen atoms in total. The second-order valence-electron chi connectivity index (χ2n) is 3.13. The molecule has 0 radical (unpaired) electrons. The molecule has 0 heterocycles. The summed E-state index contributed by atoms with van der Waals surface area (Å²) in [4.78, 5) is 0. The van der Waals surface area contributed by atoms with Gasteiger partial charge in [0.2, 0.25) is 0 Å². The number of hydrogen-bond donors (Lipinski definition) is 2. The average Bonchev–Trinajstić information content (AvgIpc) is 2.13. The van der Waals surface area contributed by atoms with Crippen molar-refractivity contribution in [1.29, 1.82) is 0 Å². The maximum Gasteiger partial charge on any atom is 0.270 e. The summed E-state index contributed by atoms with van der Waals surface area (Å²) >= 11 is 0. The summed E-state index contributed by atoms with van der Waals surface area (Å²) in [6, 6.07) is 0. The van der Waals surface area contributed by atoms with E-state index >= 15 is 0 Å². The van der Waals surface area contributed by atoms with Gasteiger partial charge in [-0.2, -0.15) is 8.42 Å². The normalized spacial score (nSPS) is 22.7. The first-order valence-corrected chi connectivity index (χ1v) is 4.87. The van der Waals surface area contributed by atoms with Gasteiger partial charge in [-0.25, -0.2) is 0 Å². The molecular weight excluding hydrogens is 166 g/mol. The fraction of sp³-hybridized carbons (Fsp3) is 1.00. The van der Waals surface area contributed by atoms with Crippen LogP contribution in [-0.2, 0) is 10.1 Å². The SMILES string of the molecule is CC1(S(=O)(=O)O)CCCC1.N. The molecule has 0 atom stereocenters. The molecule has 1 aliphatic rings. The van der Waals surface area contributed by atoms with E-state index in [1.807, 2.05) is 0 Å². The molecule has 0 unspecified atom stereocenters. The largest absolute Gasteiger partial charge is 0.344 e. The summed E-state index contributed by atoms with van der Waals surface area (Å²) in [7, 11) is -3.80. The Balaban J connectivity index is 0.000001000. The first kappa shape index (κ1) is 10.9. The van der Waals surface area contributed by atoms with Crippen molar-refractivity contribution in [3.05, 3.63) is 0 Å². The zero-order valence-electron chi connectivity index (χ0n) is 6.71. The molecule has 1 aliphatic carbocycles. The Morgan fingerprint density at radius 1 is 1.27 bits per heavy atom. The van der Waals surface area contributed by atoms with Crippen LogP contribution >= 0.6 is 0 Å². The molecule has 0 aromatic carbocycles. The van der Waals surface area contributed by atoms with E-state index in [0.29, 0.717) is 12.8 Å². The third-order valence-corrected chi connectivity index (χ3v) is 3.94. The minimum Gasteiger partial charge on any atom is -0.344 e. The van der Waals surface area contributed by atoms with Gasteiger partial charge >= 0.3 is 0 Å². The molecule has 4 N–H and O–H groups in total. The lowest BCUT2D eigenvalue weighted by atomic mass is 10.1. The van der Waals surface area contributed by atoms with E-state index in [1.165, 1.54) is 0 Å². The molecule has 0 saturated heterocycles. The highest BCUT2D eigenvalue weighted by atomic mass is 32.2. The molecule has 11 heavy (non-hydrogen) atoms. The van der Waals surface area contributed by atoms with E-state index in [1.54, 1.807) is 6.92 Å². The third-order valence-electron chi connectivity index (χ3n) is 2.28. The van der Waals surface area contributed by atoms with E-state index in [2.05, 4.69) is 0 Å². The van der Waals surface area contributed by atoms with Crippen LogP contribution in [0.3, 0.4) is 0 Å². The molecule has 1 fully saturated rings. The molecule has 0 bridgehead atoms. The maximum atomic E-state index is 10.7. The molecular formula is C6H15NO3S. The van der Waals surface area contributed by atoms with Crippen molar-refractivity contribution in [1.82, 2.24) is 6.15 Å². The van der Waals surface area contributed by atoms with Gasteiger partial charge in [0, 0.05) is 0 Å². The van der Waals surface area contributed by atoms with Crippen molar-refractivity contribution >= 4 is 10.1 Å². The first-order chi connectivity index (χ1) is 4.46. The Bertz CT molecular complexity index is 216. The van der Waals surface area contributed by atoms with Crippen LogP contribution in [0.4, 0.5) is 0 Å². The lowest BCUT2D eigenvalue weighted by Crippen LogP contribution is -2.31. The summed E-state index contributed by atoms with van der Waals surface area (Å²) in [5.41, 5.74) is 0. The monoisotopic (exact) mass is 181 g/mol. The summed E-state index contributed by atoms with van der Waals surface area (Å²) in [6.45, 7) is 1.61. The van der Waals surface area contributed by atoms with Crippen molar-refractivity contribution in [2.75, 3.05) is 0 Å². The molecule has 0 amide bonds. The first-order valence-electron chi connectivity index (χ1n) is 3.43. The number of rotatable bonds is 1. The highest BCUT2D eigenvalue weighted by molar-refractivity contribution is 7.87. The van der Waals surface area contributed by atoms with Crippen molar-refractivity contribution in [2.45, 2.75) is 37.4 Å². The quantitative estimate of drug-likeness (QED) is 0.598. The summed E-state index contributed by atoms with van der Waals surface area (Å²) < 4.78 is 29.3.